The van der Waals surface area contributed by atoms with E-state index in [1.807, 2.05) is 12.2 Å². The monoisotopic (exact) mass is 356 g/mol. The molecular weight excluding hydrogens is 336 g/mol. The number of benzene rings is 1. The third kappa shape index (κ3) is 3.05. The fraction of sp³-hybridized carbons (Fsp3) is 0.421. The van der Waals surface area contributed by atoms with E-state index >= 15 is 0 Å². The smallest absolute Gasteiger partial charge is 0.233 e. The Bertz CT molecular complexity index is 762. The number of fused-ring (bicyclic) bond motifs is 2. The summed E-state index contributed by atoms with van der Waals surface area (Å²) >= 11 is 0. The Kier molecular flexibility index (Phi) is 4.36. The van der Waals surface area contributed by atoms with Gasteiger partial charge in [0.15, 0.2) is 11.5 Å². The number of carbonyl (C=O) groups excluding carboxylic acids is 3. The zero-order valence-electron chi connectivity index (χ0n) is 14.3. The normalized spacial score (nSPS) is 23.8. The first-order chi connectivity index (χ1) is 12.6. The maximum atomic E-state index is 12.4. The maximum absolute atomic E-state index is 12.4. The molecule has 0 unspecified atom stereocenters. The Morgan fingerprint density at radius 2 is 1.69 bits per heavy atom. The minimum absolute atomic E-state index is 0.0682. The molecule has 7 heteroatoms. The predicted molar refractivity (Wildman–Crippen MR) is 92.8 cm³/mol. The number of amides is 3. The topological polar surface area (TPSA) is 84.9 Å². The van der Waals surface area contributed by atoms with Crippen LogP contribution in [-0.2, 0) is 14.4 Å². The van der Waals surface area contributed by atoms with Crippen molar-refractivity contribution in [2.45, 2.75) is 19.3 Å². The molecule has 0 spiro atoms. The molecule has 136 valence electrons. The number of carbonyl (C=O) groups is 3. The van der Waals surface area contributed by atoms with Crippen LogP contribution in [0, 0.1) is 11.8 Å². The second kappa shape index (κ2) is 6.82. The van der Waals surface area contributed by atoms with Gasteiger partial charge in [-0.3, -0.25) is 19.3 Å². The summed E-state index contributed by atoms with van der Waals surface area (Å²) in [5.41, 5.74) is 0.594. The SMILES string of the molecule is O=C(CCN1C(=O)[C@H]2CC=CC[C@H]2C1=O)Nc1ccc2c(c1)OCCO2. The van der Waals surface area contributed by atoms with E-state index in [1.54, 1.807) is 18.2 Å². The molecule has 1 aromatic rings. The predicted octanol–water partition coefficient (Wildman–Crippen LogP) is 1.74. The molecule has 3 aliphatic rings. The van der Waals surface area contributed by atoms with Gasteiger partial charge >= 0.3 is 0 Å². The molecule has 1 aromatic carbocycles. The summed E-state index contributed by atoms with van der Waals surface area (Å²) in [6.45, 7) is 1.09. The number of anilines is 1. The van der Waals surface area contributed by atoms with Crippen molar-refractivity contribution >= 4 is 23.4 Å². The molecule has 1 N–H and O–H groups in total. The molecule has 2 heterocycles. The lowest BCUT2D eigenvalue weighted by molar-refractivity contribution is -0.140. The summed E-state index contributed by atoms with van der Waals surface area (Å²) in [6, 6.07) is 5.19. The quantitative estimate of drug-likeness (QED) is 0.656. The van der Waals surface area contributed by atoms with Gasteiger partial charge in [0.25, 0.3) is 0 Å². The highest BCUT2D eigenvalue weighted by Gasteiger charge is 2.46. The number of rotatable bonds is 4. The van der Waals surface area contributed by atoms with Crippen LogP contribution in [0.2, 0.25) is 0 Å². The Balaban J connectivity index is 1.34. The van der Waals surface area contributed by atoms with Crippen LogP contribution in [0.25, 0.3) is 0 Å². The highest BCUT2D eigenvalue weighted by Crippen LogP contribution is 2.35. The van der Waals surface area contributed by atoms with Crippen LogP contribution in [0.3, 0.4) is 0 Å². The van der Waals surface area contributed by atoms with Crippen molar-refractivity contribution in [3.63, 3.8) is 0 Å². The first-order valence-electron chi connectivity index (χ1n) is 8.83. The Morgan fingerprint density at radius 1 is 1.04 bits per heavy atom. The second-order valence-electron chi connectivity index (χ2n) is 6.64. The molecule has 0 radical (unpaired) electrons. The van der Waals surface area contributed by atoms with Crippen LogP contribution in [0.15, 0.2) is 30.4 Å². The van der Waals surface area contributed by atoms with E-state index in [0.29, 0.717) is 43.2 Å². The van der Waals surface area contributed by atoms with Crippen molar-refractivity contribution in [2.75, 3.05) is 25.1 Å². The molecule has 3 amide bonds. The van der Waals surface area contributed by atoms with Crippen molar-refractivity contribution in [1.29, 1.82) is 0 Å². The minimum atomic E-state index is -0.256. The van der Waals surface area contributed by atoms with Crippen LogP contribution in [0.5, 0.6) is 11.5 Å². The highest BCUT2D eigenvalue weighted by atomic mass is 16.6. The van der Waals surface area contributed by atoms with Gasteiger partial charge in [0.1, 0.15) is 13.2 Å². The number of nitrogens with zero attached hydrogens (tertiary/aromatic N) is 1. The van der Waals surface area contributed by atoms with Crippen molar-refractivity contribution < 1.29 is 23.9 Å². The summed E-state index contributed by atoms with van der Waals surface area (Å²) in [5, 5.41) is 2.77. The van der Waals surface area contributed by atoms with Gasteiger partial charge in [-0.2, -0.15) is 0 Å². The van der Waals surface area contributed by atoms with Gasteiger partial charge < -0.3 is 14.8 Å². The zero-order chi connectivity index (χ0) is 18.1. The number of nitrogens with one attached hydrogen (secondary N) is 1. The highest BCUT2D eigenvalue weighted by molar-refractivity contribution is 6.05. The summed E-state index contributed by atoms with van der Waals surface area (Å²) in [4.78, 5) is 38.2. The molecule has 2 aliphatic heterocycles. The lowest BCUT2D eigenvalue weighted by Gasteiger charge is -2.19. The van der Waals surface area contributed by atoms with E-state index < -0.39 is 0 Å². The molecule has 4 rings (SSSR count). The van der Waals surface area contributed by atoms with E-state index in [1.165, 1.54) is 4.90 Å². The van der Waals surface area contributed by atoms with Gasteiger partial charge in [-0.15, -0.1) is 0 Å². The lowest BCUT2D eigenvalue weighted by atomic mass is 9.85. The van der Waals surface area contributed by atoms with Gasteiger partial charge in [0.2, 0.25) is 17.7 Å². The van der Waals surface area contributed by atoms with Crippen molar-refractivity contribution in [2.24, 2.45) is 11.8 Å². The number of hydrogen-bond donors (Lipinski definition) is 1. The van der Waals surface area contributed by atoms with E-state index in [2.05, 4.69) is 5.32 Å². The van der Waals surface area contributed by atoms with Gasteiger partial charge in [-0.1, -0.05) is 12.2 Å². The average molecular weight is 356 g/mol. The molecule has 0 aromatic heterocycles. The summed E-state index contributed by atoms with van der Waals surface area (Å²) in [6.07, 6.45) is 5.18. The van der Waals surface area contributed by atoms with E-state index in [9.17, 15) is 14.4 Å². The molecule has 26 heavy (non-hydrogen) atoms. The first kappa shape index (κ1) is 16.6. The van der Waals surface area contributed by atoms with Crippen LogP contribution < -0.4 is 14.8 Å². The van der Waals surface area contributed by atoms with E-state index in [4.69, 9.17) is 9.47 Å². The fourth-order valence-electron chi connectivity index (χ4n) is 3.65. The lowest BCUT2D eigenvalue weighted by Crippen LogP contribution is -2.34. The molecule has 1 aliphatic carbocycles. The van der Waals surface area contributed by atoms with Crippen LogP contribution in [0.1, 0.15) is 19.3 Å². The second-order valence-corrected chi connectivity index (χ2v) is 6.64. The number of allylic oxidation sites excluding steroid dienone is 2. The summed E-state index contributed by atoms with van der Waals surface area (Å²) < 4.78 is 10.9. The average Bonchev–Trinajstić information content (AvgIpc) is 2.91. The van der Waals surface area contributed by atoms with E-state index in [-0.39, 0.29) is 42.5 Å². The molecule has 1 fully saturated rings. The van der Waals surface area contributed by atoms with Gasteiger partial charge in [0, 0.05) is 24.7 Å². The molecule has 0 bridgehead atoms. The number of imide groups is 1. The number of ether oxygens (including phenoxy) is 2. The first-order valence-corrected chi connectivity index (χ1v) is 8.83. The van der Waals surface area contributed by atoms with Crippen molar-refractivity contribution in [1.82, 2.24) is 4.90 Å². The van der Waals surface area contributed by atoms with Crippen LogP contribution >= 0.6 is 0 Å². The summed E-state index contributed by atoms with van der Waals surface area (Å²) in [5.74, 6) is 0.166. The third-order valence-electron chi connectivity index (χ3n) is 4.99. The molecule has 7 nitrogen and oxygen atoms in total. The Hall–Kier alpha value is -2.83. The Labute approximate surface area is 150 Å². The van der Waals surface area contributed by atoms with E-state index in [0.717, 1.165) is 0 Å². The third-order valence-corrected chi connectivity index (χ3v) is 4.99. The molecule has 1 saturated heterocycles. The number of likely N-dealkylation sites (tertiary alicyclic amines) is 1. The molecule has 0 saturated carbocycles. The number of hydrogen-bond acceptors (Lipinski definition) is 5. The largest absolute Gasteiger partial charge is 0.486 e. The summed E-state index contributed by atoms with van der Waals surface area (Å²) in [7, 11) is 0. The van der Waals surface area contributed by atoms with Gasteiger partial charge in [0.05, 0.1) is 11.8 Å². The maximum Gasteiger partial charge on any atom is 0.233 e. The Morgan fingerprint density at radius 3 is 2.38 bits per heavy atom. The molecule has 2 atom stereocenters. The van der Waals surface area contributed by atoms with Crippen molar-refractivity contribution in [3.8, 4) is 11.5 Å². The van der Waals surface area contributed by atoms with Gasteiger partial charge in [-0.25, -0.2) is 0 Å². The molecular formula is C19H20N2O5. The van der Waals surface area contributed by atoms with Crippen LogP contribution in [-0.4, -0.2) is 42.4 Å². The zero-order valence-corrected chi connectivity index (χ0v) is 14.3. The standard InChI is InChI=1S/C19H20N2O5/c22-17(20-12-5-6-15-16(11-12)26-10-9-25-15)7-8-21-18(23)13-3-1-2-4-14(13)19(21)24/h1-2,5-6,11,13-14H,3-4,7-10H2,(H,20,22)/t13-,14+. The minimum Gasteiger partial charge on any atom is -0.486 e. The fourth-order valence-corrected chi connectivity index (χ4v) is 3.65. The van der Waals surface area contributed by atoms with Crippen LogP contribution in [0.4, 0.5) is 5.69 Å². The van der Waals surface area contributed by atoms with Gasteiger partial charge in [-0.05, 0) is 25.0 Å². The van der Waals surface area contributed by atoms with Crippen molar-refractivity contribution in [3.05, 3.63) is 30.4 Å².